The lowest BCUT2D eigenvalue weighted by molar-refractivity contribution is 1.37. The third-order valence-electron chi connectivity index (χ3n) is 1.45. The van der Waals surface area contributed by atoms with Gasteiger partial charge in [-0.3, -0.25) is 0 Å². The van der Waals surface area contributed by atoms with Gasteiger partial charge in [-0.1, -0.05) is 46.8 Å². The first kappa shape index (κ1) is 7.87. The molecule has 0 radical (unpaired) electrons. The summed E-state index contributed by atoms with van der Waals surface area (Å²) in [7, 11) is 1.22. The van der Waals surface area contributed by atoms with Crippen molar-refractivity contribution < 1.29 is 0 Å². The van der Waals surface area contributed by atoms with Gasteiger partial charge in [0.1, 0.15) is 7.28 Å². The predicted molar refractivity (Wildman–Crippen MR) is 50.9 cm³/mol. The van der Waals surface area contributed by atoms with Gasteiger partial charge < -0.3 is 0 Å². The van der Waals surface area contributed by atoms with E-state index in [0.717, 1.165) is 4.47 Å². The Balaban J connectivity index is 2.69. The molecule has 1 rings (SSSR count). The Morgan fingerprint density at radius 1 is 1.30 bits per heavy atom. The average molecular weight is 197 g/mol. The fourth-order valence-corrected chi connectivity index (χ4v) is 1.20. The van der Waals surface area contributed by atoms with Crippen molar-refractivity contribution in [3.8, 4) is 0 Å². The third kappa shape index (κ3) is 2.18. The molecule has 0 heterocycles. The lowest BCUT2D eigenvalue weighted by atomic mass is 9.75. The Hall–Kier alpha value is -0.235. The van der Waals surface area contributed by atoms with Gasteiger partial charge in [-0.2, -0.15) is 0 Å². The van der Waals surface area contributed by atoms with Gasteiger partial charge in [0, 0.05) is 4.47 Å². The van der Waals surface area contributed by atoms with Crippen LogP contribution in [0.15, 0.2) is 28.7 Å². The summed E-state index contributed by atoms with van der Waals surface area (Å²) < 4.78 is 1.16. The molecule has 0 aliphatic rings. The second-order valence-electron chi connectivity index (χ2n) is 2.38. The fraction of sp³-hybridized carbons (Fsp3) is 0.250. The van der Waals surface area contributed by atoms with Crippen LogP contribution in [0.25, 0.3) is 0 Å². The summed E-state index contributed by atoms with van der Waals surface area (Å²) in [6.07, 6.45) is 1.19. The zero-order valence-corrected chi connectivity index (χ0v) is 7.69. The SMILES string of the molecule is CBCc1ccc(Br)cc1. The first-order valence-corrected chi connectivity index (χ1v) is 4.36. The Bertz CT molecular complexity index is 193. The number of rotatable bonds is 2. The molecule has 1 aromatic rings. The van der Waals surface area contributed by atoms with Crippen LogP contribution < -0.4 is 0 Å². The van der Waals surface area contributed by atoms with Crippen LogP contribution >= 0.6 is 15.9 Å². The molecule has 0 saturated carbocycles. The number of hydrogen-bond donors (Lipinski definition) is 0. The van der Waals surface area contributed by atoms with E-state index in [1.54, 1.807) is 0 Å². The molecule has 0 bridgehead atoms. The smallest absolute Gasteiger partial charge is 0.0891 e. The summed E-state index contributed by atoms with van der Waals surface area (Å²) in [6.45, 7) is 2.20. The van der Waals surface area contributed by atoms with E-state index in [-0.39, 0.29) is 0 Å². The van der Waals surface area contributed by atoms with Gasteiger partial charge in [-0.25, -0.2) is 0 Å². The van der Waals surface area contributed by atoms with Gasteiger partial charge in [0.25, 0.3) is 0 Å². The zero-order valence-electron chi connectivity index (χ0n) is 6.10. The van der Waals surface area contributed by atoms with Crippen LogP contribution in [-0.2, 0) is 6.32 Å². The van der Waals surface area contributed by atoms with Gasteiger partial charge in [-0.05, 0) is 12.1 Å². The summed E-state index contributed by atoms with van der Waals surface area (Å²) >= 11 is 3.40. The van der Waals surface area contributed by atoms with E-state index < -0.39 is 0 Å². The van der Waals surface area contributed by atoms with E-state index in [2.05, 4.69) is 47.0 Å². The molecule has 0 N–H and O–H groups in total. The van der Waals surface area contributed by atoms with Crippen LogP contribution in [0.3, 0.4) is 0 Å². The number of benzene rings is 1. The van der Waals surface area contributed by atoms with E-state index in [4.69, 9.17) is 0 Å². The van der Waals surface area contributed by atoms with Crippen molar-refractivity contribution in [1.29, 1.82) is 0 Å². The lowest BCUT2D eigenvalue weighted by Crippen LogP contribution is -1.89. The van der Waals surface area contributed by atoms with Crippen molar-refractivity contribution >= 4 is 23.2 Å². The van der Waals surface area contributed by atoms with Gasteiger partial charge >= 0.3 is 0 Å². The van der Waals surface area contributed by atoms with E-state index >= 15 is 0 Å². The number of halogens is 1. The maximum absolute atomic E-state index is 3.40. The highest BCUT2D eigenvalue weighted by atomic mass is 79.9. The van der Waals surface area contributed by atoms with Crippen molar-refractivity contribution in [1.82, 2.24) is 0 Å². The standard InChI is InChI=1S/C8H10BBr/c1-9-6-7-2-4-8(10)5-3-7/h2-5,9H,6H2,1H3. The molecule has 0 atom stereocenters. The molecular weight excluding hydrogens is 187 g/mol. The van der Waals surface area contributed by atoms with Gasteiger partial charge in [-0.15, -0.1) is 0 Å². The molecule has 0 saturated heterocycles. The van der Waals surface area contributed by atoms with Crippen molar-refractivity contribution in [2.24, 2.45) is 0 Å². The maximum atomic E-state index is 3.40. The van der Waals surface area contributed by atoms with Crippen molar-refractivity contribution in [3.63, 3.8) is 0 Å². The van der Waals surface area contributed by atoms with Crippen LogP contribution in [-0.4, -0.2) is 7.28 Å². The minimum Gasteiger partial charge on any atom is -0.0891 e. The molecule has 0 aliphatic heterocycles. The Morgan fingerprint density at radius 2 is 1.90 bits per heavy atom. The molecule has 0 aromatic heterocycles. The molecule has 52 valence electrons. The second-order valence-corrected chi connectivity index (χ2v) is 3.29. The quantitative estimate of drug-likeness (QED) is 0.638. The maximum Gasteiger partial charge on any atom is 0.122 e. The topological polar surface area (TPSA) is 0 Å². The summed E-state index contributed by atoms with van der Waals surface area (Å²) in [4.78, 5) is 0. The zero-order chi connectivity index (χ0) is 7.40. The van der Waals surface area contributed by atoms with Crippen LogP contribution in [0.5, 0.6) is 0 Å². The van der Waals surface area contributed by atoms with Crippen LogP contribution in [0, 0.1) is 0 Å². The van der Waals surface area contributed by atoms with Crippen molar-refractivity contribution in [2.45, 2.75) is 13.1 Å². The van der Waals surface area contributed by atoms with Crippen LogP contribution in [0.4, 0.5) is 0 Å². The molecular formula is C8H10BBr. The highest BCUT2D eigenvalue weighted by molar-refractivity contribution is 9.10. The molecule has 0 spiro atoms. The van der Waals surface area contributed by atoms with Gasteiger partial charge in [0.15, 0.2) is 0 Å². The average Bonchev–Trinajstić information content (AvgIpc) is 1.95. The normalized spacial score (nSPS) is 9.40. The van der Waals surface area contributed by atoms with Crippen molar-refractivity contribution in [3.05, 3.63) is 34.3 Å². The Kier molecular flexibility index (Phi) is 3.00. The molecule has 0 amide bonds. The van der Waals surface area contributed by atoms with Crippen LogP contribution in [0.1, 0.15) is 5.56 Å². The largest absolute Gasteiger partial charge is 0.122 e. The van der Waals surface area contributed by atoms with Gasteiger partial charge in [0.05, 0.1) is 0 Å². The number of hydrogen-bond acceptors (Lipinski definition) is 0. The summed E-state index contributed by atoms with van der Waals surface area (Å²) in [5.41, 5.74) is 1.42. The molecule has 2 heteroatoms. The van der Waals surface area contributed by atoms with E-state index in [9.17, 15) is 0 Å². The third-order valence-corrected chi connectivity index (χ3v) is 1.98. The highest BCUT2D eigenvalue weighted by Crippen LogP contribution is 2.10. The lowest BCUT2D eigenvalue weighted by Gasteiger charge is -1.95. The molecule has 10 heavy (non-hydrogen) atoms. The summed E-state index contributed by atoms with van der Waals surface area (Å²) in [5, 5.41) is 0. The Labute approximate surface area is 71.0 Å². The summed E-state index contributed by atoms with van der Waals surface area (Å²) in [5.74, 6) is 0. The second kappa shape index (κ2) is 3.82. The monoisotopic (exact) mass is 196 g/mol. The van der Waals surface area contributed by atoms with E-state index in [0.29, 0.717) is 0 Å². The molecule has 1 aromatic carbocycles. The fourth-order valence-electron chi connectivity index (χ4n) is 0.940. The first-order chi connectivity index (χ1) is 4.83. The van der Waals surface area contributed by atoms with Crippen molar-refractivity contribution in [2.75, 3.05) is 0 Å². The van der Waals surface area contributed by atoms with Crippen LogP contribution in [0.2, 0.25) is 6.82 Å². The van der Waals surface area contributed by atoms with E-state index in [1.165, 1.54) is 19.2 Å². The van der Waals surface area contributed by atoms with E-state index in [1.807, 2.05) is 0 Å². The molecule has 0 unspecified atom stereocenters. The Morgan fingerprint density at radius 3 is 2.40 bits per heavy atom. The molecule has 0 aliphatic carbocycles. The summed E-state index contributed by atoms with van der Waals surface area (Å²) in [6, 6.07) is 8.50. The highest BCUT2D eigenvalue weighted by Gasteiger charge is 1.89. The first-order valence-electron chi connectivity index (χ1n) is 3.57. The molecule has 0 nitrogen and oxygen atoms in total. The minimum atomic E-state index is 1.16. The molecule has 0 fully saturated rings. The predicted octanol–water partition coefficient (Wildman–Crippen LogP) is 2.43. The minimum absolute atomic E-state index is 1.16. The van der Waals surface area contributed by atoms with Gasteiger partial charge in [0.2, 0.25) is 0 Å².